The molecule has 2 N–H and O–H groups in total. The fourth-order valence-electron chi connectivity index (χ4n) is 2.69. The first-order chi connectivity index (χ1) is 11.7. The first-order valence-corrected chi connectivity index (χ1v) is 7.40. The summed E-state index contributed by atoms with van der Waals surface area (Å²) in [6.45, 7) is 0. The van der Waals surface area contributed by atoms with Crippen LogP contribution in [0.2, 0.25) is 0 Å². The van der Waals surface area contributed by atoms with Gasteiger partial charge in [0.25, 0.3) is 0 Å². The van der Waals surface area contributed by atoms with Gasteiger partial charge in [-0.2, -0.15) is 5.10 Å². The Morgan fingerprint density at radius 3 is 2.83 bits per heavy atom. The molecule has 1 aromatic carbocycles. The third-order valence-electron chi connectivity index (χ3n) is 3.83. The van der Waals surface area contributed by atoms with Gasteiger partial charge in [0.05, 0.1) is 23.6 Å². The molecule has 4 rings (SSSR count). The Kier molecular flexibility index (Phi) is 3.38. The Morgan fingerprint density at radius 2 is 2.00 bits per heavy atom. The van der Waals surface area contributed by atoms with Crippen LogP contribution in [-0.2, 0) is 0 Å². The average molecular weight is 323 g/mol. The lowest BCUT2D eigenvalue weighted by molar-refractivity contribution is 0.237. The van der Waals surface area contributed by atoms with E-state index in [2.05, 4.69) is 15.8 Å². The van der Waals surface area contributed by atoms with Crippen molar-refractivity contribution < 1.29 is 13.6 Å². The van der Waals surface area contributed by atoms with Gasteiger partial charge in [-0.1, -0.05) is 18.2 Å². The van der Waals surface area contributed by atoms with Crippen molar-refractivity contribution in [1.82, 2.24) is 10.7 Å². The fraction of sp³-hybridized carbons (Fsp3) is 0.118. The number of amides is 2. The molecule has 1 atom stereocenters. The molecule has 1 aliphatic rings. The zero-order valence-corrected chi connectivity index (χ0v) is 12.5. The molecule has 7 heteroatoms. The van der Waals surface area contributed by atoms with E-state index in [0.29, 0.717) is 29.0 Å². The van der Waals surface area contributed by atoms with E-state index < -0.39 is 17.7 Å². The molecule has 1 aliphatic heterocycles. The maximum atomic E-state index is 12.3. The lowest BCUT2D eigenvalue weighted by atomic mass is 10.0. The van der Waals surface area contributed by atoms with E-state index in [1.54, 1.807) is 30.3 Å². The van der Waals surface area contributed by atoms with Gasteiger partial charge in [-0.3, -0.25) is 0 Å². The summed E-state index contributed by atoms with van der Waals surface area (Å²) >= 11 is 0. The first kappa shape index (κ1) is 14.3. The molecular weight excluding hydrogens is 310 g/mol. The number of fused-ring (bicyclic) bond motifs is 1. The number of carbonyl (C=O) groups is 1. The minimum atomic E-state index is -0.498. The smallest absolute Gasteiger partial charge is 0.345 e. The predicted molar refractivity (Wildman–Crippen MR) is 86.8 cm³/mol. The summed E-state index contributed by atoms with van der Waals surface area (Å²) < 4.78 is 10.7. The van der Waals surface area contributed by atoms with E-state index in [1.165, 1.54) is 6.26 Å². The molecule has 3 aromatic rings. The van der Waals surface area contributed by atoms with Gasteiger partial charge in [0, 0.05) is 11.8 Å². The highest BCUT2D eigenvalue weighted by Crippen LogP contribution is 2.22. The quantitative estimate of drug-likeness (QED) is 0.708. The predicted octanol–water partition coefficient (Wildman–Crippen LogP) is 2.53. The summed E-state index contributed by atoms with van der Waals surface area (Å²) in [6.07, 6.45) is 1.83. The number of hydrazone groups is 1. The lowest BCUT2D eigenvalue weighted by Gasteiger charge is -2.13. The maximum absolute atomic E-state index is 12.3. The Labute approximate surface area is 136 Å². The van der Waals surface area contributed by atoms with Crippen LogP contribution in [0.5, 0.6) is 0 Å². The van der Waals surface area contributed by atoms with Crippen LogP contribution in [0.3, 0.4) is 0 Å². The Balaban J connectivity index is 1.78. The Morgan fingerprint density at radius 1 is 1.12 bits per heavy atom. The number of hydrogen-bond acceptors (Lipinski definition) is 5. The minimum absolute atomic E-state index is 0.301. The van der Waals surface area contributed by atoms with Crippen LogP contribution in [0.1, 0.15) is 23.8 Å². The van der Waals surface area contributed by atoms with Gasteiger partial charge in [0.2, 0.25) is 0 Å². The summed E-state index contributed by atoms with van der Waals surface area (Å²) in [6, 6.07) is 11.6. The summed E-state index contributed by atoms with van der Waals surface area (Å²) in [4.78, 5) is 24.1. The number of para-hydroxylation sites is 1. The SMILES string of the molecule is O=C1NN=C(c2cc3ccccc3oc2=O)C[C@H](c2ccco2)N1. The Bertz CT molecular complexity index is 988. The normalized spacial score (nSPS) is 17.8. The number of furan rings is 1. The number of carbonyl (C=O) groups excluding carboxylic acids is 1. The summed E-state index contributed by atoms with van der Waals surface area (Å²) in [5.41, 5.74) is 3.12. The van der Waals surface area contributed by atoms with Crippen molar-refractivity contribution in [3.8, 4) is 0 Å². The van der Waals surface area contributed by atoms with Crippen molar-refractivity contribution in [2.24, 2.45) is 5.10 Å². The second-order valence-electron chi connectivity index (χ2n) is 5.40. The zero-order valence-electron chi connectivity index (χ0n) is 12.5. The molecule has 2 aromatic heterocycles. The van der Waals surface area contributed by atoms with Crippen LogP contribution >= 0.6 is 0 Å². The van der Waals surface area contributed by atoms with E-state index in [-0.39, 0.29) is 0 Å². The number of benzene rings is 1. The number of nitrogens with zero attached hydrogens (tertiary/aromatic N) is 1. The van der Waals surface area contributed by atoms with E-state index in [4.69, 9.17) is 8.83 Å². The zero-order chi connectivity index (χ0) is 16.5. The Hall–Kier alpha value is -3.35. The molecule has 0 saturated heterocycles. The van der Waals surface area contributed by atoms with Gasteiger partial charge >= 0.3 is 11.7 Å². The maximum Gasteiger partial charge on any atom is 0.345 e. The van der Waals surface area contributed by atoms with E-state index in [1.807, 2.05) is 12.1 Å². The van der Waals surface area contributed by atoms with Crippen LogP contribution in [-0.4, -0.2) is 11.7 Å². The van der Waals surface area contributed by atoms with Crippen LogP contribution in [0.15, 0.2) is 67.5 Å². The van der Waals surface area contributed by atoms with Crippen molar-refractivity contribution in [2.45, 2.75) is 12.5 Å². The molecule has 7 nitrogen and oxygen atoms in total. The highest BCUT2D eigenvalue weighted by Gasteiger charge is 2.25. The van der Waals surface area contributed by atoms with Crippen molar-refractivity contribution in [3.05, 3.63) is 70.5 Å². The molecule has 0 fully saturated rings. The largest absolute Gasteiger partial charge is 0.467 e. The van der Waals surface area contributed by atoms with Crippen LogP contribution in [0, 0.1) is 0 Å². The summed E-state index contributed by atoms with van der Waals surface area (Å²) in [7, 11) is 0. The minimum Gasteiger partial charge on any atom is -0.467 e. The molecule has 120 valence electrons. The van der Waals surface area contributed by atoms with Gasteiger partial charge in [-0.25, -0.2) is 15.0 Å². The van der Waals surface area contributed by atoms with E-state index in [0.717, 1.165) is 5.39 Å². The highest BCUT2D eigenvalue weighted by atomic mass is 16.4. The van der Waals surface area contributed by atoms with E-state index >= 15 is 0 Å². The molecule has 0 radical (unpaired) electrons. The van der Waals surface area contributed by atoms with Crippen LogP contribution in [0.4, 0.5) is 4.79 Å². The number of nitrogens with one attached hydrogen (secondary N) is 2. The summed E-state index contributed by atoms with van der Waals surface area (Å²) in [5.74, 6) is 0.588. The van der Waals surface area contributed by atoms with Crippen LogP contribution < -0.4 is 16.4 Å². The fourth-order valence-corrected chi connectivity index (χ4v) is 2.69. The van der Waals surface area contributed by atoms with Gasteiger partial charge in [-0.15, -0.1) is 0 Å². The van der Waals surface area contributed by atoms with Crippen molar-refractivity contribution >= 4 is 22.7 Å². The monoisotopic (exact) mass is 323 g/mol. The van der Waals surface area contributed by atoms with Crippen LogP contribution in [0.25, 0.3) is 11.0 Å². The molecule has 0 aliphatic carbocycles. The summed E-state index contributed by atoms with van der Waals surface area (Å²) in [5, 5.41) is 7.59. The molecule has 0 saturated carbocycles. The van der Waals surface area contributed by atoms with Gasteiger partial charge in [0.1, 0.15) is 11.3 Å². The highest BCUT2D eigenvalue weighted by molar-refractivity contribution is 6.03. The lowest BCUT2D eigenvalue weighted by Crippen LogP contribution is -2.33. The third kappa shape index (κ3) is 2.56. The molecule has 0 spiro atoms. The number of hydrogen-bond donors (Lipinski definition) is 2. The second kappa shape index (κ2) is 5.69. The average Bonchev–Trinajstić information content (AvgIpc) is 3.05. The van der Waals surface area contributed by atoms with E-state index in [9.17, 15) is 9.59 Å². The number of urea groups is 1. The van der Waals surface area contributed by atoms with Gasteiger partial charge in [-0.05, 0) is 24.3 Å². The van der Waals surface area contributed by atoms with Crippen molar-refractivity contribution in [2.75, 3.05) is 0 Å². The second-order valence-corrected chi connectivity index (χ2v) is 5.40. The molecular formula is C17H13N3O4. The first-order valence-electron chi connectivity index (χ1n) is 7.40. The molecule has 0 unspecified atom stereocenters. The van der Waals surface area contributed by atoms with Gasteiger partial charge in [0.15, 0.2) is 0 Å². The van der Waals surface area contributed by atoms with Crippen molar-refractivity contribution in [3.63, 3.8) is 0 Å². The van der Waals surface area contributed by atoms with Gasteiger partial charge < -0.3 is 14.2 Å². The van der Waals surface area contributed by atoms with Crippen molar-refractivity contribution in [1.29, 1.82) is 0 Å². The molecule has 24 heavy (non-hydrogen) atoms. The molecule has 3 heterocycles. The topological polar surface area (TPSA) is 96.8 Å². The number of rotatable bonds is 2. The standard InChI is InChI=1S/C17H13N3O4/c21-16-11(8-10-4-1-2-5-14(10)24-16)12-9-13(15-6-3-7-23-15)18-17(22)20-19-12/h1-8,13H,9H2,(H2,18,20,22)/t13-/m1/s1. The molecule has 0 bridgehead atoms. The third-order valence-corrected chi connectivity index (χ3v) is 3.83. The molecule has 2 amide bonds.